The van der Waals surface area contributed by atoms with E-state index in [0.29, 0.717) is 19.3 Å². The van der Waals surface area contributed by atoms with Gasteiger partial charge in [-0.25, -0.2) is 0 Å². The number of hydrogen-bond donors (Lipinski definition) is 2. The summed E-state index contributed by atoms with van der Waals surface area (Å²) in [6.07, 6.45) is 4.16. The molecular formula is C13H24O3. The SMILES string of the molecule is CC1(C)O[C@@]2(C)CC[C@@H]1[C@](O)(CCCO)C2. The second kappa shape index (κ2) is 3.69. The van der Waals surface area contributed by atoms with Crippen LogP contribution in [0, 0.1) is 5.92 Å². The fourth-order valence-corrected chi connectivity index (χ4v) is 4.01. The molecule has 0 aromatic carbocycles. The molecule has 3 nitrogen and oxygen atoms in total. The lowest BCUT2D eigenvalue weighted by Gasteiger charge is -2.61. The first kappa shape index (κ1) is 12.3. The van der Waals surface area contributed by atoms with Crippen molar-refractivity contribution in [2.24, 2.45) is 5.92 Å². The second-order valence-corrected chi connectivity index (χ2v) is 6.35. The summed E-state index contributed by atoms with van der Waals surface area (Å²) in [6.45, 7) is 6.43. The highest BCUT2D eigenvalue weighted by Gasteiger charge is 2.59. The van der Waals surface area contributed by atoms with Gasteiger partial charge in [-0.15, -0.1) is 0 Å². The molecule has 3 heteroatoms. The molecule has 2 bridgehead atoms. The quantitative estimate of drug-likeness (QED) is 0.775. The number of fused-ring (bicyclic) bond motifs is 3. The standard InChI is InChI=1S/C13H24O3/c1-11(2)10-5-7-12(3,16-11)9-13(10,15)6-4-8-14/h10,14-15H,4-9H2,1-3H3/t10-,12-,13-/m0/s1. The Bertz CT molecular complexity index is 274. The lowest BCUT2D eigenvalue weighted by Crippen LogP contribution is -2.65. The van der Waals surface area contributed by atoms with Crippen molar-refractivity contribution < 1.29 is 14.9 Å². The third kappa shape index (κ3) is 1.89. The smallest absolute Gasteiger partial charge is 0.0731 e. The van der Waals surface area contributed by atoms with Crippen LogP contribution in [0.25, 0.3) is 0 Å². The van der Waals surface area contributed by atoms with E-state index in [0.717, 1.165) is 12.8 Å². The van der Waals surface area contributed by atoms with Gasteiger partial charge in [0.15, 0.2) is 0 Å². The van der Waals surface area contributed by atoms with Crippen LogP contribution in [0.15, 0.2) is 0 Å². The zero-order valence-electron chi connectivity index (χ0n) is 10.6. The average Bonchev–Trinajstić information content (AvgIpc) is 2.11. The highest BCUT2D eigenvalue weighted by atomic mass is 16.5. The van der Waals surface area contributed by atoms with Gasteiger partial charge in [-0.1, -0.05) is 0 Å². The van der Waals surface area contributed by atoms with Crippen molar-refractivity contribution in [1.82, 2.24) is 0 Å². The summed E-state index contributed by atoms with van der Waals surface area (Å²) in [6, 6.07) is 0. The van der Waals surface area contributed by atoms with E-state index in [-0.39, 0.29) is 23.7 Å². The van der Waals surface area contributed by atoms with Crippen LogP contribution < -0.4 is 0 Å². The number of ether oxygens (including phenoxy) is 1. The molecule has 1 saturated carbocycles. The highest BCUT2D eigenvalue weighted by Crippen LogP contribution is 2.55. The lowest BCUT2D eigenvalue weighted by atomic mass is 9.59. The topological polar surface area (TPSA) is 49.7 Å². The lowest BCUT2D eigenvalue weighted by molar-refractivity contribution is -0.298. The van der Waals surface area contributed by atoms with Crippen molar-refractivity contribution in [2.45, 2.75) is 69.7 Å². The summed E-state index contributed by atoms with van der Waals surface area (Å²) in [4.78, 5) is 0. The summed E-state index contributed by atoms with van der Waals surface area (Å²) >= 11 is 0. The van der Waals surface area contributed by atoms with Crippen molar-refractivity contribution in [3.8, 4) is 0 Å². The van der Waals surface area contributed by atoms with E-state index < -0.39 is 5.60 Å². The van der Waals surface area contributed by atoms with Crippen molar-refractivity contribution in [3.63, 3.8) is 0 Å². The molecular weight excluding hydrogens is 204 g/mol. The molecule has 0 amide bonds. The predicted octanol–water partition coefficient (Wildman–Crippen LogP) is 1.86. The molecule has 16 heavy (non-hydrogen) atoms. The number of rotatable bonds is 3. The van der Waals surface area contributed by atoms with Crippen LogP contribution in [-0.4, -0.2) is 33.6 Å². The van der Waals surface area contributed by atoms with Gasteiger partial charge < -0.3 is 14.9 Å². The van der Waals surface area contributed by atoms with Crippen molar-refractivity contribution in [1.29, 1.82) is 0 Å². The van der Waals surface area contributed by atoms with E-state index in [1.807, 2.05) is 0 Å². The third-order valence-corrected chi connectivity index (χ3v) is 4.41. The Labute approximate surface area is 97.8 Å². The molecule has 2 heterocycles. The van der Waals surface area contributed by atoms with Crippen LogP contribution in [0.5, 0.6) is 0 Å². The fourth-order valence-electron chi connectivity index (χ4n) is 4.01. The Morgan fingerprint density at radius 2 is 2.00 bits per heavy atom. The van der Waals surface area contributed by atoms with E-state index in [2.05, 4.69) is 20.8 Å². The van der Waals surface area contributed by atoms with Gasteiger partial charge in [0.05, 0.1) is 16.8 Å². The molecule has 3 fully saturated rings. The summed E-state index contributed by atoms with van der Waals surface area (Å²) in [5.74, 6) is 0.202. The molecule has 2 aliphatic heterocycles. The van der Waals surface area contributed by atoms with Crippen LogP contribution in [-0.2, 0) is 4.74 Å². The first-order valence-corrected chi connectivity index (χ1v) is 6.35. The zero-order chi connectivity index (χ0) is 12.0. The Hall–Kier alpha value is -0.120. The number of aliphatic hydroxyl groups is 2. The summed E-state index contributed by atoms with van der Waals surface area (Å²) in [7, 11) is 0. The van der Waals surface area contributed by atoms with Crippen molar-refractivity contribution in [3.05, 3.63) is 0 Å². The fraction of sp³-hybridized carbons (Fsp3) is 1.00. The second-order valence-electron chi connectivity index (χ2n) is 6.35. The Balaban J connectivity index is 2.22. The monoisotopic (exact) mass is 228 g/mol. The summed E-state index contributed by atoms with van der Waals surface area (Å²) < 4.78 is 6.11. The van der Waals surface area contributed by atoms with Crippen LogP contribution in [0.2, 0.25) is 0 Å². The van der Waals surface area contributed by atoms with Gasteiger partial charge in [0.25, 0.3) is 0 Å². The molecule has 3 rings (SSSR count). The summed E-state index contributed by atoms with van der Waals surface area (Å²) in [5, 5.41) is 19.7. The zero-order valence-corrected chi connectivity index (χ0v) is 10.6. The van der Waals surface area contributed by atoms with Crippen molar-refractivity contribution in [2.75, 3.05) is 6.61 Å². The van der Waals surface area contributed by atoms with E-state index in [1.165, 1.54) is 0 Å². The molecule has 0 aromatic heterocycles. The molecule has 0 unspecified atom stereocenters. The maximum Gasteiger partial charge on any atom is 0.0731 e. The van der Waals surface area contributed by atoms with Gasteiger partial charge in [-0.05, 0) is 46.5 Å². The first-order valence-electron chi connectivity index (χ1n) is 6.35. The maximum absolute atomic E-state index is 10.8. The summed E-state index contributed by atoms with van der Waals surface area (Å²) in [5.41, 5.74) is -1.06. The molecule has 0 aromatic rings. The minimum absolute atomic E-state index is 0.160. The molecule has 2 N–H and O–H groups in total. The van der Waals surface area contributed by atoms with Crippen LogP contribution in [0.4, 0.5) is 0 Å². The van der Waals surface area contributed by atoms with Gasteiger partial charge in [-0.3, -0.25) is 0 Å². The van der Waals surface area contributed by atoms with Gasteiger partial charge >= 0.3 is 0 Å². The van der Waals surface area contributed by atoms with Gasteiger partial charge in [0, 0.05) is 18.9 Å². The van der Waals surface area contributed by atoms with Crippen LogP contribution in [0.3, 0.4) is 0 Å². The van der Waals surface area contributed by atoms with Crippen molar-refractivity contribution >= 4 is 0 Å². The maximum atomic E-state index is 10.8. The molecule has 2 saturated heterocycles. The van der Waals surface area contributed by atoms with Gasteiger partial charge in [0.2, 0.25) is 0 Å². The molecule has 0 spiro atoms. The molecule has 94 valence electrons. The number of hydrogen-bond acceptors (Lipinski definition) is 3. The molecule has 3 aliphatic rings. The molecule has 0 radical (unpaired) electrons. The Morgan fingerprint density at radius 1 is 1.31 bits per heavy atom. The molecule has 1 aliphatic carbocycles. The van der Waals surface area contributed by atoms with E-state index in [4.69, 9.17) is 9.84 Å². The Morgan fingerprint density at radius 3 is 2.50 bits per heavy atom. The van der Waals surface area contributed by atoms with E-state index >= 15 is 0 Å². The first-order chi connectivity index (χ1) is 7.31. The normalized spacial score (nSPS) is 45.9. The molecule has 3 atom stereocenters. The third-order valence-electron chi connectivity index (χ3n) is 4.41. The van der Waals surface area contributed by atoms with E-state index in [9.17, 15) is 5.11 Å². The average molecular weight is 228 g/mol. The number of aliphatic hydroxyl groups excluding tert-OH is 1. The highest BCUT2D eigenvalue weighted by molar-refractivity contribution is 5.09. The minimum Gasteiger partial charge on any atom is -0.396 e. The van der Waals surface area contributed by atoms with E-state index in [1.54, 1.807) is 0 Å². The van der Waals surface area contributed by atoms with Gasteiger partial charge in [-0.2, -0.15) is 0 Å². The predicted molar refractivity (Wildman–Crippen MR) is 62.2 cm³/mol. The Kier molecular flexibility index (Phi) is 2.84. The van der Waals surface area contributed by atoms with Crippen LogP contribution in [0.1, 0.15) is 52.9 Å². The van der Waals surface area contributed by atoms with Gasteiger partial charge in [0.1, 0.15) is 0 Å². The minimum atomic E-state index is -0.641. The largest absolute Gasteiger partial charge is 0.396 e. The van der Waals surface area contributed by atoms with Crippen LogP contribution >= 0.6 is 0 Å².